The van der Waals surface area contributed by atoms with E-state index in [0.29, 0.717) is 12.1 Å². The van der Waals surface area contributed by atoms with Crippen molar-refractivity contribution in [3.05, 3.63) is 58.4 Å². The van der Waals surface area contributed by atoms with Gasteiger partial charge in [0.2, 0.25) is 5.91 Å². The SMILES string of the molecule is Cc1cc(CNCc2cccc(C(N)=O)c2)c(C)n1C. The van der Waals surface area contributed by atoms with Gasteiger partial charge >= 0.3 is 0 Å². The standard InChI is InChI=1S/C16H21N3O/c1-11-7-15(12(2)19(11)3)10-18-9-13-5-4-6-14(8-13)16(17)20/h4-8,18H,9-10H2,1-3H3,(H2,17,20). The molecule has 20 heavy (non-hydrogen) atoms. The maximum Gasteiger partial charge on any atom is 0.248 e. The Bertz CT molecular complexity index is 629. The molecular weight excluding hydrogens is 250 g/mol. The number of nitrogens with two attached hydrogens (primary N) is 1. The highest BCUT2D eigenvalue weighted by molar-refractivity contribution is 5.92. The summed E-state index contributed by atoms with van der Waals surface area (Å²) in [5.74, 6) is -0.388. The smallest absolute Gasteiger partial charge is 0.248 e. The highest BCUT2D eigenvalue weighted by Gasteiger charge is 2.06. The average molecular weight is 271 g/mol. The number of hydrogen-bond donors (Lipinski definition) is 2. The number of hydrogen-bond acceptors (Lipinski definition) is 2. The molecule has 106 valence electrons. The summed E-state index contributed by atoms with van der Waals surface area (Å²) in [6, 6.07) is 9.61. The third-order valence-corrected chi connectivity index (χ3v) is 3.74. The first-order chi connectivity index (χ1) is 9.49. The van der Waals surface area contributed by atoms with Gasteiger partial charge in [-0.2, -0.15) is 0 Å². The van der Waals surface area contributed by atoms with E-state index in [9.17, 15) is 4.79 Å². The number of nitrogens with one attached hydrogen (secondary N) is 1. The van der Waals surface area contributed by atoms with Crippen molar-refractivity contribution < 1.29 is 4.79 Å². The Balaban J connectivity index is 1.97. The number of benzene rings is 1. The molecule has 2 aromatic rings. The van der Waals surface area contributed by atoms with E-state index in [0.717, 1.165) is 12.1 Å². The Morgan fingerprint density at radius 3 is 2.60 bits per heavy atom. The number of carbonyl (C=O) groups is 1. The lowest BCUT2D eigenvalue weighted by Gasteiger charge is -2.06. The van der Waals surface area contributed by atoms with Crippen LogP contribution in [0.2, 0.25) is 0 Å². The molecule has 1 heterocycles. The van der Waals surface area contributed by atoms with E-state index in [4.69, 9.17) is 5.73 Å². The fraction of sp³-hybridized carbons (Fsp3) is 0.312. The van der Waals surface area contributed by atoms with Gasteiger partial charge in [-0.05, 0) is 43.2 Å². The minimum absolute atomic E-state index is 0.388. The minimum Gasteiger partial charge on any atom is -0.366 e. The second-order valence-corrected chi connectivity index (χ2v) is 5.12. The summed E-state index contributed by atoms with van der Waals surface area (Å²) < 4.78 is 2.19. The van der Waals surface area contributed by atoms with Crippen LogP contribution in [0.15, 0.2) is 30.3 Å². The zero-order chi connectivity index (χ0) is 14.7. The third kappa shape index (κ3) is 3.08. The summed E-state index contributed by atoms with van der Waals surface area (Å²) in [4.78, 5) is 11.1. The number of rotatable bonds is 5. The molecule has 0 atom stereocenters. The maximum atomic E-state index is 11.1. The van der Waals surface area contributed by atoms with E-state index in [1.807, 2.05) is 18.2 Å². The molecule has 0 spiro atoms. The van der Waals surface area contributed by atoms with Gasteiger partial charge in [-0.15, -0.1) is 0 Å². The van der Waals surface area contributed by atoms with E-state index < -0.39 is 0 Å². The normalized spacial score (nSPS) is 10.8. The van der Waals surface area contributed by atoms with Gasteiger partial charge in [0.1, 0.15) is 0 Å². The summed E-state index contributed by atoms with van der Waals surface area (Å²) in [7, 11) is 2.07. The van der Waals surface area contributed by atoms with Crippen molar-refractivity contribution in [2.24, 2.45) is 12.8 Å². The first-order valence-electron chi connectivity index (χ1n) is 6.70. The Labute approximate surface area is 119 Å². The lowest BCUT2D eigenvalue weighted by molar-refractivity contribution is 0.1000. The summed E-state index contributed by atoms with van der Waals surface area (Å²) in [5.41, 5.74) is 10.7. The van der Waals surface area contributed by atoms with Gasteiger partial charge in [-0.1, -0.05) is 12.1 Å². The van der Waals surface area contributed by atoms with E-state index in [1.54, 1.807) is 6.07 Å². The number of aryl methyl sites for hydroxylation is 1. The lowest BCUT2D eigenvalue weighted by Crippen LogP contribution is -2.15. The zero-order valence-corrected chi connectivity index (χ0v) is 12.2. The zero-order valence-electron chi connectivity index (χ0n) is 12.2. The third-order valence-electron chi connectivity index (χ3n) is 3.74. The Kier molecular flexibility index (Phi) is 4.25. The molecule has 4 heteroatoms. The van der Waals surface area contributed by atoms with E-state index in [-0.39, 0.29) is 5.91 Å². The van der Waals surface area contributed by atoms with Gasteiger partial charge in [0.05, 0.1) is 0 Å². The number of primary amides is 1. The van der Waals surface area contributed by atoms with Crippen LogP contribution in [0.4, 0.5) is 0 Å². The van der Waals surface area contributed by atoms with Crippen molar-refractivity contribution >= 4 is 5.91 Å². The van der Waals surface area contributed by atoms with Crippen molar-refractivity contribution in [3.8, 4) is 0 Å². The monoisotopic (exact) mass is 271 g/mol. The molecule has 0 aliphatic carbocycles. The molecule has 0 radical (unpaired) electrons. The van der Waals surface area contributed by atoms with Crippen molar-refractivity contribution in [2.45, 2.75) is 26.9 Å². The predicted molar refractivity (Wildman–Crippen MR) is 80.4 cm³/mol. The van der Waals surface area contributed by atoms with Crippen molar-refractivity contribution in [3.63, 3.8) is 0 Å². The fourth-order valence-electron chi connectivity index (χ4n) is 2.29. The molecule has 3 N–H and O–H groups in total. The van der Waals surface area contributed by atoms with Crippen molar-refractivity contribution in [1.29, 1.82) is 0 Å². The van der Waals surface area contributed by atoms with Crippen LogP contribution in [0.25, 0.3) is 0 Å². The van der Waals surface area contributed by atoms with Crippen molar-refractivity contribution in [2.75, 3.05) is 0 Å². The average Bonchev–Trinajstić information content (AvgIpc) is 2.67. The van der Waals surface area contributed by atoms with Gasteiger partial charge in [0.25, 0.3) is 0 Å². The quantitative estimate of drug-likeness (QED) is 0.874. The van der Waals surface area contributed by atoms with Crippen LogP contribution >= 0.6 is 0 Å². The Hall–Kier alpha value is -2.07. The van der Waals surface area contributed by atoms with E-state index in [1.165, 1.54) is 17.0 Å². The van der Waals surface area contributed by atoms with Crippen LogP contribution < -0.4 is 11.1 Å². The molecule has 4 nitrogen and oxygen atoms in total. The number of nitrogens with zero attached hydrogens (tertiary/aromatic N) is 1. The number of amides is 1. The lowest BCUT2D eigenvalue weighted by atomic mass is 10.1. The molecule has 0 unspecified atom stereocenters. The van der Waals surface area contributed by atoms with Gasteiger partial charge in [0, 0.05) is 37.1 Å². The van der Waals surface area contributed by atoms with Crippen LogP contribution in [-0.2, 0) is 20.1 Å². The molecule has 0 saturated carbocycles. The molecule has 0 aliphatic rings. The maximum absolute atomic E-state index is 11.1. The Morgan fingerprint density at radius 1 is 1.25 bits per heavy atom. The van der Waals surface area contributed by atoms with Gasteiger partial charge in [0.15, 0.2) is 0 Å². The van der Waals surface area contributed by atoms with E-state index in [2.05, 4.69) is 36.8 Å². The number of aromatic nitrogens is 1. The summed E-state index contributed by atoms with van der Waals surface area (Å²) in [6.07, 6.45) is 0. The first kappa shape index (κ1) is 14.3. The molecule has 1 amide bonds. The molecule has 1 aromatic carbocycles. The Morgan fingerprint density at radius 2 is 2.00 bits per heavy atom. The molecule has 2 rings (SSSR count). The van der Waals surface area contributed by atoms with Gasteiger partial charge < -0.3 is 15.6 Å². The molecule has 0 bridgehead atoms. The molecular formula is C16H21N3O. The molecule has 0 fully saturated rings. The second-order valence-electron chi connectivity index (χ2n) is 5.12. The van der Waals surface area contributed by atoms with Crippen molar-refractivity contribution in [1.82, 2.24) is 9.88 Å². The largest absolute Gasteiger partial charge is 0.366 e. The predicted octanol–water partition coefficient (Wildman–Crippen LogP) is 2.03. The molecule has 0 aliphatic heterocycles. The molecule has 1 aromatic heterocycles. The van der Waals surface area contributed by atoms with Crippen LogP contribution in [0, 0.1) is 13.8 Å². The highest BCUT2D eigenvalue weighted by Crippen LogP contribution is 2.13. The molecule has 0 saturated heterocycles. The van der Waals surface area contributed by atoms with Gasteiger partial charge in [-0.3, -0.25) is 4.79 Å². The summed E-state index contributed by atoms with van der Waals surface area (Å²) >= 11 is 0. The first-order valence-corrected chi connectivity index (χ1v) is 6.70. The van der Waals surface area contributed by atoms with Gasteiger partial charge in [-0.25, -0.2) is 0 Å². The minimum atomic E-state index is -0.388. The topological polar surface area (TPSA) is 60.0 Å². The van der Waals surface area contributed by atoms with Crippen LogP contribution in [0.1, 0.15) is 32.9 Å². The summed E-state index contributed by atoms with van der Waals surface area (Å²) in [5, 5.41) is 3.40. The highest BCUT2D eigenvalue weighted by atomic mass is 16.1. The van der Waals surface area contributed by atoms with Crippen LogP contribution in [-0.4, -0.2) is 10.5 Å². The van der Waals surface area contributed by atoms with Crippen LogP contribution in [0.5, 0.6) is 0 Å². The summed E-state index contributed by atoms with van der Waals surface area (Å²) in [6.45, 7) is 5.76. The fourth-order valence-corrected chi connectivity index (χ4v) is 2.29. The van der Waals surface area contributed by atoms with E-state index >= 15 is 0 Å². The van der Waals surface area contributed by atoms with Crippen LogP contribution in [0.3, 0.4) is 0 Å². The second kappa shape index (κ2) is 5.92. The number of carbonyl (C=O) groups excluding carboxylic acids is 1.